The number of ether oxygens (including phenoxy) is 1. The molecule has 0 bridgehead atoms. The third kappa shape index (κ3) is 2.64. The molecule has 0 aliphatic rings. The lowest BCUT2D eigenvalue weighted by Gasteiger charge is -2.09. The molecular weight excluding hydrogens is 264 g/mol. The van der Waals surface area contributed by atoms with Gasteiger partial charge in [-0.05, 0) is 12.1 Å². The monoisotopic (exact) mass is 272 g/mol. The fourth-order valence-electron chi connectivity index (χ4n) is 1.53. The van der Waals surface area contributed by atoms with Crippen LogP contribution in [0.2, 0.25) is 0 Å². The molecule has 0 atom stereocenters. The second-order valence-electron chi connectivity index (χ2n) is 3.65. The van der Waals surface area contributed by atoms with E-state index >= 15 is 0 Å². The van der Waals surface area contributed by atoms with Gasteiger partial charge in [-0.25, -0.2) is 4.39 Å². The minimum Gasteiger partial charge on any atom is -0.492 e. The van der Waals surface area contributed by atoms with Gasteiger partial charge in [-0.3, -0.25) is 0 Å². The first-order valence-corrected chi connectivity index (χ1v) is 5.16. The highest BCUT2D eigenvalue weighted by molar-refractivity contribution is 5.62. The Kier molecular flexibility index (Phi) is 3.37. The van der Waals surface area contributed by atoms with E-state index in [1.807, 2.05) is 0 Å². The second kappa shape index (κ2) is 4.83. The van der Waals surface area contributed by atoms with Crippen LogP contribution < -0.4 is 4.74 Å². The molecule has 100 valence electrons. The van der Waals surface area contributed by atoms with Gasteiger partial charge in [0.1, 0.15) is 5.69 Å². The van der Waals surface area contributed by atoms with Gasteiger partial charge in [0.25, 0.3) is 0 Å². The van der Waals surface area contributed by atoms with Crippen LogP contribution in [0.15, 0.2) is 30.5 Å². The van der Waals surface area contributed by atoms with Crippen molar-refractivity contribution < 1.29 is 22.3 Å². The zero-order valence-corrected chi connectivity index (χ0v) is 9.70. The summed E-state index contributed by atoms with van der Waals surface area (Å²) in [5, 5.41) is 7.00. The van der Waals surface area contributed by atoms with Crippen molar-refractivity contribution in [1.29, 1.82) is 0 Å². The van der Waals surface area contributed by atoms with Crippen molar-refractivity contribution in [2.24, 2.45) is 0 Å². The van der Waals surface area contributed by atoms with Crippen LogP contribution in [0.1, 0.15) is 5.56 Å². The molecule has 0 aliphatic carbocycles. The highest BCUT2D eigenvalue weighted by Gasteiger charge is 2.30. The maximum absolute atomic E-state index is 13.9. The molecule has 0 fully saturated rings. The van der Waals surface area contributed by atoms with Crippen LogP contribution >= 0.6 is 0 Å². The van der Waals surface area contributed by atoms with Crippen molar-refractivity contribution in [3.8, 4) is 17.0 Å². The fraction of sp³-hybridized carbons (Fsp3) is 0.167. The van der Waals surface area contributed by atoms with E-state index in [2.05, 4.69) is 10.2 Å². The van der Waals surface area contributed by atoms with Gasteiger partial charge >= 0.3 is 6.18 Å². The molecule has 1 aromatic heterocycles. The zero-order chi connectivity index (χ0) is 14.0. The van der Waals surface area contributed by atoms with Crippen LogP contribution in [0.4, 0.5) is 17.6 Å². The van der Waals surface area contributed by atoms with E-state index in [-0.39, 0.29) is 17.0 Å². The highest BCUT2D eigenvalue weighted by Crippen LogP contribution is 2.33. The molecule has 0 saturated carbocycles. The van der Waals surface area contributed by atoms with Gasteiger partial charge in [-0.15, -0.1) is 5.10 Å². The molecule has 3 nitrogen and oxygen atoms in total. The normalized spacial score (nSPS) is 11.4. The van der Waals surface area contributed by atoms with Crippen molar-refractivity contribution in [3.05, 3.63) is 41.8 Å². The predicted octanol–water partition coefficient (Wildman–Crippen LogP) is 3.31. The number of methoxy groups -OCH3 is 1. The van der Waals surface area contributed by atoms with Crippen molar-refractivity contribution in [2.45, 2.75) is 6.18 Å². The van der Waals surface area contributed by atoms with Crippen LogP contribution in [0.25, 0.3) is 11.3 Å². The standard InChI is InChI=1S/C12H8F4N2O/c1-19-9-6-17-18-11(10(9)13)7-3-2-4-8(5-7)12(14,15)16/h2-6H,1H3. The minimum atomic E-state index is -4.50. The highest BCUT2D eigenvalue weighted by atomic mass is 19.4. The van der Waals surface area contributed by atoms with Crippen LogP contribution in [0.3, 0.4) is 0 Å². The van der Waals surface area contributed by atoms with Crippen LogP contribution in [-0.4, -0.2) is 17.3 Å². The summed E-state index contributed by atoms with van der Waals surface area (Å²) in [7, 11) is 1.23. The molecule has 0 saturated heterocycles. The maximum Gasteiger partial charge on any atom is 0.416 e. The molecule has 0 aliphatic heterocycles. The Balaban J connectivity index is 2.54. The summed E-state index contributed by atoms with van der Waals surface area (Å²) < 4.78 is 56.3. The lowest BCUT2D eigenvalue weighted by molar-refractivity contribution is -0.137. The van der Waals surface area contributed by atoms with E-state index in [0.29, 0.717) is 0 Å². The van der Waals surface area contributed by atoms with Gasteiger partial charge in [0.05, 0.1) is 18.9 Å². The number of hydrogen-bond donors (Lipinski definition) is 0. The molecule has 1 aromatic carbocycles. The first-order chi connectivity index (χ1) is 8.93. The van der Waals surface area contributed by atoms with Crippen molar-refractivity contribution in [3.63, 3.8) is 0 Å². The summed E-state index contributed by atoms with van der Waals surface area (Å²) in [5.41, 5.74) is -1.18. The first kappa shape index (κ1) is 13.3. The van der Waals surface area contributed by atoms with E-state index in [9.17, 15) is 17.6 Å². The Bertz CT molecular complexity index is 599. The van der Waals surface area contributed by atoms with Crippen LogP contribution in [0.5, 0.6) is 5.75 Å². The Morgan fingerprint density at radius 2 is 1.95 bits per heavy atom. The summed E-state index contributed by atoms with van der Waals surface area (Å²) in [6.45, 7) is 0. The van der Waals surface area contributed by atoms with Crippen LogP contribution in [0, 0.1) is 5.82 Å². The summed E-state index contributed by atoms with van der Waals surface area (Å²) in [6.07, 6.45) is -3.45. The number of aromatic nitrogens is 2. The molecule has 0 amide bonds. The molecule has 0 radical (unpaired) electrons. The topological polar surface area (TPSA) is 35.0 Å². The van der Waals surface area contributed by atoms with Crippen LogP contribution in [-0.2, 0) is 6.18 Å². The smallest absolute Gasteiger partial charge is 0.416 e. The number of halogens is 4. The molecule has 0 spiro atoms. The average molecular weight is 272 g/mol. The van der Waals surface area contributed by atoms with E-state index < -0.39 is 17.6 Å². The quantitative estimate of drug-likeness (QED) is 0.787. The first-order valence-electron chi connectivity index (χ1n) is 5.16. The van der Waals surface area contributed by atoms with Gasteiger partial charge in [0, 0.05) is 5.56 Å². The number of nitrogens with zero attached hydrogens (tertiary/aromatic N) is 2. The lowest BCUT2D eigenvalue weighted by Crippen LogP contribution is -2.05. The molecule has 0 N–H and O–H groups in total. The predicted molar refractivity (Wildman–Crippen MR) is 59.0 cm³/mol. The van der Waals surface area contributed by atoms with Gasteiger partial charge in [0.15, 0.2) is 11.6 Å². The van der Waals surface area contributed by atoms with E-state index in [4.69, 9.17) is 4.74 Å². The molecular formula is C12H8F4N2O. The second-order valence-corrected chi connectivity index (χ2v) is 3.65. The Labute approximate surface area is 105 Å². The van der Waals surface area contributed by atoms with Gasteiger partial charge in [-0.1, -0.05) is 12.1 Å². The SMILES string of the molecule is COc1cnnc(-c2cccc(C(F)(F)F)c2)c1F. The largest absolute Gasteiger partial charge is 0.492 e. The van der Waals surface area contributed by atoms with Gasteiger partial charge in [0.2, 0.25) is 0 Å². The Hall–Kier alpha value is -2.18. The molecule has 19 heavy (non-hydrogen) atoms. The third-order valence-corrected chi connectivity index (χ3v) is 2.44. The van der Waals surface area contributed by atoms with Gasteiger partial charge < -0.3 is 4.74 Å². The Morgan fingerprint density at radius 3 is 2.58 bits per heavy atom. The van der Waals surface area contributed by atoms with E-state index in [1.54, 1.807) is 0 Å². The third-order valence-electron chi connectivity index (χ3n) is 2.44. The van der Waals surface area contributed by atoms with Crippen molar-refractivity contribution in [2.75, 3.05) is 7.11 Å². The van der Waals surface area contributed by atoms with Gasteiger partial charge in [-0.2, -0.15) is 18.3 Å². The zero-order valence-electron chi connectivity index (χ0n) is 9.70. The fourth-order valence-corrected chi connectivity index (χ4v) is 1.53. The Morgan fingerprint density at radius 1 is 1.21 bits per heavy atom. The number of benzene rings is 1. The average Bonchev–Trinajstić information content (AvgIpc) is 2.38. The molecule has 2 aromatic rings. The minimum absolute atomic E-state index is 0.0151. The van der Waals surface area contributed by atoms with E-state index in [0.717, 1.165) is 18.3 Å². The summed E-state index contributed by atoms with van der Waals surface area (Å²) >= 11 is 0. The molecule has 0 unspecified atom stereocenters. The van der Waals surface area contributed by atoms with Crippen molar-refractivity contribution in [1.82, 2.24) is 10.2 Å². The number of hydrogen-bond acceptors (Lipinski definition) is 3. The summed E-state index contributed by atoms with van der Waals surface area (Å²) in [6, 6.07) is 4.21. The van der Waals surface area contributed by atoms with E-state index in [1.165, 1.54) is 19.2 Å². The number of alkyl halides is 3. The van der Waals surface area contributed by atoms with Crippen molar-refractivity contribution >= 4 is 0 Å². The molecule has 2 rings (SSSR count). The summed E-state index contributed by atoms with van der Waals surface area (Å²) in [4.78, 5) is 0. The maximum atomic E-state index is 13.9. The number of rotatable bonds is 2. The molecule has 1 heterocycles. The molecule has 7 heteroatoms. The summed E-state index contributed by atoms with van der Waals surface area (Å²) in [5.74, 6) is -1.03. The lowest BCUT2D eigenvalue weighted by atomic mass is 10.1.